The third kappa shape index (κ3) is 5.27. The Bertz CT molecular complexity index is 623. The van der Waals surface area contributed by atoms with Crippen molar-refractivity contribution < 1.29 is 22.7 Å². The first kappa shape index (κ1) is 17.9. The van der Waals surface area contributed by atoms with Gasteiger partial charge >= 0.3 is 10.2 Å². The summed E-state index contributed by atoms with van der Waals surface area (Å²) in [4.78, 5) is 10.7. The molecule has 1 atom stereocenters. The van der Waals surface area contributed by atoms with E-state index in [1.165, 1.54) is 0 Å². The monoisotopic (exact) mass is 354 g/mol. The third-order valence-electron chi connectivity index (χ3n) is 2.40. The number of hydrogen-bond donors (Lipinski definition) is 2. The second-order valence-corrected chi connectivity index (χ2v) is 6.09. The summed E-state index contributed by atoms with van der Waals surface area (Å²) < 4.78 is 37.8. The van der Waals surface area contributed by atoms with Gasteiger partial charge in [-0.25, -0.2) is 4.72 Å². The highest BCUT2D eigenvalue weighted by Crippen LogP contribution is 2.33. The molecule has 2 N–H and O–H groups in total. The topological polar surface area (TPSA) is 93.7 Å². The molecular weight excluding hydrogens is 340 g/mol. The van der Waals surface area contributed by atoms with E-state index in [2.05, 4.69) is 4.72 Å². The van der Waals surface area contributed by atoms with Gasteiger partial charge in [0, 0.05) is 18.0 Å². The lowest BCUT2D eigenvalue weighted by molar-refractivity contribution is -0.117. The van der Waals surface area contributed by atoms with E-state index in [4.69, 9.17) is 21.1 Å². The Balaban J connectivity index is 0.00000220. The van der Waals surface area contributed by atoms with Crippen LogP contribution in [0.5, 0.6) is 11.5 Å². The summed E-state index contributed by atoms with van der Waals surface area (Å²) in [5.41, 5.74) is 0. The molecule has 10 heteroatoms. The second kappa shape index (κ2) is 7.21. The summed E-state index contributed by atoms with van der Waals surface area (Å²) in [5, 5.41) is 0.525. The number of amides is 1. The molecule has 0 fully saturated rings. The van der Waals surface area contributed by atoms with Crippen LogP contribution >= 0.6 is 25.1 Å². The van der Waals surface area contributed by atoms with E-state index in [-0.39, 0.29) is 26.6 Å². The Kier molecular flexibility index (Phi) is 6.14. The van der Waals surface area contributed by atoms with Gasteiger partial charge in [0.2, 0.25) is 5.91 Å². The van der Waals surface area contributed by atoms with Crippen LogP contribution in [-0.4, -0.2) is 33.6 Å². The van der Waals surface area contributed by atoms with Gasteiger partial charge in [0.1, 0.15) is 12.7 Å². The minimum atomic E-state index is -3.87. The fourth-order valence-corrected chi connectivity index (χ4v) is 2.63. The lowest BCUT2D eigenvalue weighted by Gasteiger charge is -2.26. The van der Waals surface area contributed by atoms with E-state index in [1.54, 1.807) is 22.9 Å². The van der Waals surface area contributed by atoms with Gasteiger partial charge in [-0.05, 0) is 12.1 Å². The Labute approximate surface area is 134 Å². The molecule has 1 aromatic carbocycles. The van der Waals surface area contributed by atoms with Gasteiger partial charge in [-0.2, -0.15) is 26.6 Å². The van der Waals surface area contributed by atoms with Crippen LogP contribution in [0, 0.1) is 0 Å². The normalized spacial score (nSPS) is 16.8. The quantitative estimate of drug-likeness (QED) is 0.824. The molecule has 7 nitrogen and oxygen atoms in total. The Hall–Kier alpha value is -1.16. The van der Waals surface area contributed by atoms with Crippen molar-refractivity contribution in [2.45, 2.75) is 13.0 Å². The van der Waals surface area contributed by atoms with Crippen molar-refractivity contribution in [1.29, 1.82) is 0 Å². The molecule has 0 aromatic heterocycles. The van der Waals surface area contributed by atoms with Crippen molar-refractivity contribution in [3.63, 3.8) is 0 Å². The molecule has 0 radical (unpaired) electrons. The largest absolute Gasteiger partial charge is 0.486 e. The van der Waals surface area contributed by atoms with Crippen LogP contribution in [0.15, 0.2) is 18.2 Å². The molecule has 0 bridgehead atoms. The maximum atomic E-state index is 11.4. The van der Waals surface area contributed by atoms with E-state index in [9.17, 15) is 13.2 Å². The minimum absolute atomic E-state index is 0. The molecule has 1 aliphatic rings. The average Bonchev–Trinajstić information content (AvgIpc) is 2.35. The lowest BCUT2D eigenvalue weighted by Crippen LogP contribution is -2.45. The summed E-state index contributed by atoms with van der Waals surface area (Å²) in [6.45, 7) is 1.26. The van der Waals surface area contributed by atoms with Crippen LogP contribution in [0.2, 0.25) is 5.02 Å². The first-order valence-electron chi connectivity index (χ1n) is 5.73. The maximum Gasteiger partial charge on any atom is 0.301 e. The molecule has 1 amide bonds. The number of carbonyl (C=O) groups is 1. The predicted octanol–water partition coefficient (Wildman–Crippen LogP) is 0.563. The summed E-state index contributed by atoms with van der Waals surface area (Å²) >= 11 is 5.82. The first-order valence-corrected chi connectivity index (χ1v) is 7.59. The van der Waals surface area contributed by atoms with Gasteiger partial charge in [-0.3, -0.25) is 4.79 Å². The number of fused-ring (bicyclic) bond motifs is 1. The zero-order chi connectivity index (χ0) is 14.8. The third-order valence-corrected chi connectivity index (χ3v) is 3.74. The second-order valence-electron chi connectivity index (χ2n) is 4.15. The summed E-state index contributed by atoms with van der Waals surface area (Å²) in [5.74, 6) is 0.334. The number of rotatable bonds is 4. The number of benzene rings is 1. The first-order chi connectivity index (χ1) is 9.35. The van der Waals surface area contributed by atoms with Gasteiger partial charge < -0.3 is 9.47 Å². The van der Waals surface area contributed by atoms with Crippen LogP contribution < -0.4 is 18.9 Å². The predicted molar refractivity (Wildman–Crippen MR) is 82.5 cm³/mol. The molecule has 118 valence electrons. The summed E-state index contributed by atoms with van der Waals surface area (Å²) in [6, 6.07) is 4.91. The molecule has 0 saturated carbocycles. The molecular formula is C11H15ClN2O5S2. The maximum absolute atomic E-state index is 11.4. The average molecular weight is 355 g/mol. The lowest BCUT2D eigenvalue weighted by atomic mass is 10.2. The van der Waals surface area contributed by atoms with Gasteiger partial charge in [0.25, 0.3) is 0 Å². The molecule has 0 unspecified atom stereocenters. The van der Waals surface area contributed by atoms with Crippen molar-refractivity contribution in [1.82, 2.24) is 9.44 Å². The number of nitrogens with one attached hydrogen (secondary N) is 2. The van der Waals surface area contributed by atoms with Crippen molar-refractivity contribution in [3.05, 3.63) is 23.2 Å². The van der Waals surface area contributed by atoms with Crippen LogP contribution in [0.3, 0.4) is 0 Å². The summed E-state index contributed by atoms with van der Waals surface area (Å²) in [7, 11) is -3.87. The van der Waals surface area contributed by atoms with Gasteiger partial charge in [0.05, 0.1) is 6.54 Å². The van der Waals surface area contributed by atoms with Crippen LogP contribution in [0.1, 0.15) is 6.92 Å². The molecule has 1 aliphatic heterocycles. The Morgan fingerprint density at radius 1 is 1.43 bits per heavy atom. The molecule has 0 saturated heterocycles. The van der Waals surface area contributed by atoms with E-state index >= 15 is 0 Å². The highest BCUT2D eigenvalue weighted by Gasteiger charge is 2.23. The van der Waals surface area contributed by atoms with Crippen LogP contribution in [0.25, 0.3) is 0 Å². The summed E-state index contributed by atoms with van der Waals surface area (Å²) in [6.07, 6.45) is -0.493. The van der Waals surface area contributed by atoms with Gasteiger partial charge in [-0.1, -0.05) is 11.6 Å². The number of hydrogen-bond acceptors (Lipinski definition) is 5. The number of carbonyl (C=O) groups excluding carboxylic acids is 1. The van der Waals surface area contributed by atoms with Crippen LogP contribution in [0.4, 0.5) is 0 Å². The van der Waals surface area contributed by atoms with Gasteiger partial charge in [0.15, 0.2) is 11.5 Å². The smallest absolute Gasteiger partial charge is 0.301 e. The number of halogens is 1. The van der Waals surface area contributed by atoms with E-state index < -0.39 is 22.2 Å². The zero-order valence-electron chi connectivity index (χ0n) is 11.1. The van der Waals surface area contributed by atoms with Crippen molar-refractivity contribution in [3.8, 4) is 11.5 Å². The molecule has 1 aromatic rings. The van der Waals surface area contributed by atoms with E-state index in [0.717, 1.165) is 6.92 Å². The number of ether oxygens (including phenoxy) is 2. The van der Waals surface area contributed by atoms with Crippen molar-refractivity contribution in [2.24, 2.45) is 0 Å². The van der Waals surface area contributed by atoms with Crippen LogP contribution in [-0.2, 0) is 15.0 Å². The molecule has 0 aliphatic carbocycles. The molecule has 0 spiro atoms. The standard InChI is InChI=1S/C11H13ClN2O5S.H2S/c1-7(15)14-20(16,17)13-5-9-6-18-11-4-8(12)2-3-10(11)19-9;/h2-4,9,13H,5-6H2,1H3,(H,14,15);1H2/t9-;/m0./s1. The zero-order valence-corrected chi connectivity index (χ0v) is 13.6. The van der Waals surface area contributed by atoms with Crippen molar-refractivity contribution in [2.75, 3.05) is 13.2 Å². The minimum Gasteiger partial charge on any atom is -0.486 e. The van der Waals surface area contributed by atoms with Crippen molar-refractivity contribution >= 4 is 41.2 Å². The Morgan fingerprint density at radius 3 is 2.81 bits per heavy atom. The van der Waals surface area contributed by atoms with E-state index in [1.807, 2.05) is 0 Å². The van der Waals surface area contributed by atoms with Gasteiger partial charge in [-0.15, -0.1) is 0 Å². The SMILES string of the molecule is CC(=O)NS(=O)(=O)NC[C@H]1COc2cc(Cl)ccc2O1.S. The molecule has 1 heterocycles. The highest BCUT2D eigenvalue weighted by molar-refractivity contribution is 7.88. The fourth-order valence-electron chi connectivity index (χ4n) is 1.62. The van der Waals surface area contributed by atoms with E-state index in [0.29, 0.717) is 16.5 Å². The molecule has 2 rings (SSSR count). The molecule has 21 heavy (non-hydrogen) atoms. The Morgan fingerprint density at radius 2 is 2.14 bits per heavy atom. The highest BCUT2D eigenvalue weighted by atomic mass is 35.5. The fraction of sp³-hybridized carbons (Fsp3) is 0.364.